The van der Waals surface area contributed by atoms with Crippen molar-refractivity contribution in [3.63, 3.8) is 0 Å². The molecule has 2 heteroatoms. The van der Waals surface area contributed by atoms with E-state index in [4.69, 9.17) is 5.73 Å². The van der Waals surface area contributed by atoms with E-state index in [1.54, 1.807) is 11.3 Å². The second-order valence-corrected chi connectivity index (χ2v) is 5.51. The zero-order valence-electron chi connectivity index (χ0n) is 10.4. The zero-order valence-corrected chi connectivity index (χ0v) is 11.3. The predicted octanol–water partition coefficient (Wildman–Crippen LogP) is 3.48. The Morgan fingerprint density at radius 2 is 2.00 bits per heavy atom. The molecule has 2 aromatic rings. The van der Waals surface area contributed by atoms with Crippen molar-refractivity contribution in [2.24, 2.45) is 5.73 Å². The third kappa shape index (κ3) is 3.42. The van der Waals surface area contributed by atoms with E-state index < -0.39 is 0 Å². The summed E-state index contributed by atoms with van der Waals surface area (Å²) >= 11 is 1.74. The van der Waals surface area contributed by atoms with E-state index >= 15 is 0 Å². The Morgan fingerprint density at radius 1 is 1.18 bits per heavy atom. The SMILES string of the molecule is Cc1ccc(C)c(CC(N)Cc2ccsc2)c1. The van der Waals surface area contributed by atoms with Crippen molar-refractivity contribution in [1.29, 1.82) is 0 Å². The van der Waals surface area contributed by atoms with Gasteiger partial charge in [-0.2, -0.15) is 11.3 Å². The van der Waals surface area contributed by atoms with Crippen molar-refractivity contribution in [3.05, 3.63) is 57.3 Å². The van der Waals surface area contributed by atoms with Gasteiger partial charge in [0.15, 0.2) is 0 Å². The number of rotatable bonds is 4. The van der Waals surface area contributed by atoms with Gasteiger partial charge in [-0.3, -0.25) is 0 Å². The van der Waals surface area contributed by atoms with Crippen LogP contribution in [0.4, 0.5) is 0 Å². The smallest absolute Gasteiger partial charge is 0.0120 e. The first kappa shape index (κ1) is 12.3. The highest BCUT2D eigenvalue weighted by Crippen LogP contribution is 2.15. The van der Waals surface area contributed by atoms with Crippen LogP contribution in [0.1, 0.15) is 22.3 Å². The van der Waals surface area contributed by atoms with Gasteiger partial charge in [-0.1, -0.05) is 23.8 Å². The maximum atomic E-state index is 6.22. The minimum atomic E-state index is 0.213. The van der Waals surface area contributed by atoms with E-state index in [1.165, 1.54) is 22.3 Å². The van der Waals surface area contributed by atoms with Crippen molar-refractivity contribution in [1.82, 2.24) is 0 Å². The maximum absolute atomic E-state index is 6.22. The molecule has 2 rings (SSSR count). The molecule has 1 atom stereocenters. The Hall–Kier alpha value is -1.12. The van der Waals surface area contributed by atoms with Crippen LogP contribution in [-0.4, -0.2) is 6.04 Å². The highest BCUT2D eigenvalue weighted by Gasteiger charge is 2.08. The summed E-state index contributed by atoms with van der Waals surface area (Å²) in [7, 11) is 0. The lowest BCUT2D eigenvalue weighted by Gasteiger charge is -2.13. The van der Waals surface area contributed by atoms with E-state index in [-0.39, 0.29) is 6.04 Å². The number of benzene rings is 1. The van der Waals surface area contributed by atoms with Gasteiger partial charge < -0.3 is 5.73 Å². The fourth-order valence-corrected chi connectivity index (χ4v) is 2.77. The van der Waals surface area contributed by atoms with Gasteiger partial charge in [0, 0.05) is 6.04 Å². The van der Waals surface area contributed by atoms with Gasteiger partial charge in [0.2, 0.25) is 0 Å². The van der Waals surface area contributed by atoms with Gasteiger partial charge in [-0.05, 0) is 60.2 Å². The van der Waals surface area contributed by atoms with Crippen molar-refractivity contribution >= 4 is 11.3 Å². The highest BCUT2D eigenvalue weighted by molar-refractivity contribution is 7.07. The van der Waals surface area contributed by atoms with E-state index in [0.29, 0.717) is 0 Å². The minimum Gasteiger partial charge on any atom is -0.327 e. The molecule has 0 amide bonds. The number of thiophene rings is 1. The summed E-state index contributed by atoms with van der Waals surface area (Å²) in [6.07, 6.45) is 1.93. The van der Waals surface area contributed by atoms with Crippen LogP contribution in [0.3, 0.4) is 0 Å². The minimum absolute atomic E-state index is 0.213. The third-order valence-electron chi connectivity index (χ3n) is 3.06. The molecule has 0 saturated heterocycles. The van der Waals surface area contributed by atoms with E-state index in [0.717, 1.165) is 12.8 Å². The summed E-state index contributed by atoms with van der Waals surface area (Å²) in [5.74, 6) is 0. The summed E-state index contributed by atoms with van der Waals surface area (Å²) in [4.78, 5) is 0. The molecule has 0 aliphatic heterocycles. The van der Waals surface area contributed by atoms with E-state index in [1.807, 2.05) is 0 Å². The zero-order chi connectivity index (χ0) is 12.3. The van der Waals surface area contributed by atoms with Crippen molar-refractivity contribution in [2.45, 2.75) is 32.7 Å². The van der Waals surface area contributed by atoms with Crippen LogP contribution in [0.5, 0.6) is 0 Å². The molecule has 0 aliphatic rings. The molecule has 1 nitrogen and oxygen atoms in total. The summed E-state index contributed by atoms with van der Waals surface area (Å²) in [6.45, 7) is 4.29. The average molecular weight is 245 g/mol. The first-order valence-electron chi connectivity index (χ1n) is 5.98. The highest BCUT2D eigenvalue weighted by atomic mass is 32.1. The lowest BCUT2D eigenvalue weighted by atomic mass is 9.96. The van der Waals surface area contributed by atoms with Crippen LogP contribution in [0, 0.1) is 13.8 Å². The molecule has 0 fully saturated rings. The number of hydrogen-bond acceptors (Lipinski definition) is 2. The lowest BCUT2D eigenvalue weighted by Crippen LogP contribution is -2.25. The van der Waals surface area contributed by atoms with Crippen LogP contribution >= 0.6 is 11.3 Å². The third-order valence-corrected chi connectivity index (χ3v) is 3.80. The van der Waals surface area contributed by atoms with Gasteiger partial charge in [0.1, 0.15) is 0 Å². The van der Waals surface area contributed by atoms with Gasteiger partial charge in [0.05, 0.1) is 0 Å². The molecule has 1 aromatic carbocycles. The molecule has 1 heterocycles. The van der Waals surface area contributed by atoms with Gasteiger partial charge in [-0.25, -0.2) is 0 Å². The molecule has 2 N–H and O–H groups in total. The van der Waals surface area contributed by atoms with Gasteiger partial charge in [-0.15, -0.1) is 0 Å². The average Bonchev–Trinajstić information content (AvgIpc) is 2.76. The second kappa shape index (κ2) is 5.48. The molecular formula is C15H19NS. The Bertz CT molecular complexity index is 474. The molecular weight excluding hydrogens is 226 g/mol. The van der Waals surface area contributed by atoms with Crippen LogP contribution < -0.4 is 5.73 Å². The van der Waals surface area contributed by atoms with E-state index in [9.17, 15) is 0 Å². The molecule has 1 aromatic heterocycles. The fraction of sp³-hybridized carbons (Fsp3) is 0.333. The normalized spacial score (nSPS) is 12.6. The van der Waals surface area contributed by atoms with Gasteiger partial charge >= 0.3 is 0 Å². The topological polar surface area (TPSA) is 26.0 Å². The first-order chi connectivity index (χ1) is 8.15. The Labute approximate surface area is 107 Å². The largest absolute Gasteiger partial charge is 0.327 e. The molecule has 1 unspecified atom stereocenters. The van der Waals surface area contributed by atoms with E-state index in [2.05, 4.69) is 48.9 Å². The monoisotopic (exact) mass is 245 g/mol. The summed E-state index contributed by atoms with van der Waals surface area (Å²) in [5.41, 5.74) is 11.6. The summed E-state index contributed by atoms with van der Waals surface area (Å²) in [5, 5.41) is 4.29. The molecule has 17 heavy (non-hydrogen) atoms. The molecule has 90 valence electrons. The quantitative estimate of drug-likeness (QED) is 0.877. The number of aryl methyl sites for hydroxylation is 2. The Morgan fingerprint density at radius 3 is 2.71 bits per heavy atom. The lowest BCUT2D eigenvalue weighted by molar-refractivity contribution is 0.663. The Kier molecular flexibility index (Phi) is 3.97. The number of hydrogen-bond donors (Lipinski definition) is 1. The summed E-state index contributed by atoms with van der Waals surface area (Å²) in [6, 6.07) is 8.96. The van der Waals surface area contributed by atoms with Crippen molar-refractivity contribution in [3.8, 4) is 0 Å². The standard InChI is InChI=1S/C15H19NS/c1-11-3-4-12(2)14(7-11)9-15(16)8-13-5-6-17-10-13/h3-7,10,15H,8-9,16H2,1-2H3. The molecule has 0 radical (unpaired) electrons. The molecule has 0 spiro atoms. The van der Waals surface area contributed by atoms with Crippen LogP contribution in [-0.2, 0) is 12.8 Å². The number of nitrogens with two attached hydrogens (primary N) is 1. The fourth-order valence-electron chi connectivity index (χ4n) is 2.09. The second-order valence-electron chi connectivity index (χ2n) is 4.73. The molecule has 0 saturated carbocycles. The van der Waals surface area contributed by atoms with Crippen LogP contribution in [0.2, 0.25) is 0 Å². The van der Waals surface area contributed by atoms with Crippen LogP contribution in [0.15, 0.2) is 35.0 Å². The Balaban J connectivity index is 2.02. The maximum Gasteiger partial charge on any atom is 0.0120 e. The predicted molar refractivity (Wildman–Crippen MR) is 75.6 cm³/mol. The van der Waals surface area contributed by atoms with Gasteiger partial charge in [0.25, 0.3) is 0 Å². The van der Waals surface area contributed by atoms with Crippen molar-refractivity contribution in [2.75, 3.05) is 0 Å². The van der Waals surface area contributed by atoms with Crippen molar-refractivity contribution < 1.29 is 0 Å². The molecule has 0 bridgehead atoms. The van der Waals surface area contributed by atoms with Crippen LogP contribution in [0.25, 0.3) is 0 Å². The molecule has 0 aliphatic carbocycles. The summed E-state index contributed by atoms with van der Waals surface area (Å²) < 4.78 is 0. The first-order valence-corrected chi connectivity index (χ1v) is 6.92.